The first-order chi connectivity index (χ1) is 9.20. The van der Waals surface area contributed by atoms with Gasteiger partial charge in [-0.2, -0.15) is 5.10 Å². The van der Waals surface area contributed by atoms with E-state index in [2.05, 4.69) is 56.8 Å². The summed E-state index contributed by atoms with van der Waals surface area (Å²) in [6.07, 6.45) is 6.46. The van der Waals surface area contributed by atoms with Crippen molar-refractivity contribution in [3.8, 4) is 0 Å². The molecule has 0 saturated heterocycles. The molecule has 3 rings (SSSR count). The van der Waals surface area contributed by atoms with E-state index in [4.69, 9.17) is 0 Å². The predicted molar refractivity (Wildman–Crippen MR) is 80.0 cm³/mol. The second-order valence-corrected chi connectivity index (χ2v) is 6.24. The monoisotopic (exact) mass is 319 g/mol. The number of halogens is 1. The van der Waals surface area contributed by atoms with E-state index in [-0.39, 0.29) is 0 Å². The Kier molecular flexibility index (Phi) is 3.71. The normalized spacial score (nSPS) is 22.2. The molecular weight excluding hydrogens is 302 g/mol. The molecule has 0 unspecified atom stereocenters. The van der Waals surface area contributed by atoms with Crippen LogP contribution in [0, 0.1) is 0 Å². The van der Waals surface area contributed by atoms with Crippen molar-refractivity contribution in [2.75, 3.05) is 0 Å². The summed E-state index contributed by atoms with van der Waals surface area (Å²) in [5, 5.41) is 7.78. The summed E-state index contributed by atoms with van der Waals surface area (Å²) >= 11 is 3.54. The molecule has 1 saturated carbocycles. The summed E-state index contributed by atoms with van der Waals surface area (Å²) in [7, 11) is 1.95. The van der Waals surface area contributed by atoms with Crippen molar-refractivity contribution in [3.05, 3.63) is 52.3 Å². The maximum absolute atomic E-state index is 4.18. The van der Waals surface area contributed by atoms with Gasteiger partial charge in [0.05, 0.1) is 6.20 Å². The maximum atomic E-state index is 4.18. The van der Waals surface area contributed by atoms with Gasteiger partial charge in [0.15, 0.2) is 0 Å². The zero-order valence-corrected chi connectivity index (χ0v) is 12.6. The van der Waals surface area contributed by atoms with Crippen molar-refractivity contribution in [2.24, 2.45) is 7.05 Å². The van der Waals surface area contributed by atoms with Gasteiger partial charge in [-0.3, -0.25) is 4.68 Å². The van der Waals surface area contributed by atoms with Gasteiger partial charge >= 0.3 is 0 Å². The average Bonchev–Trinajstić information content (AvgIpc) is 2.73. The van der Waals surface area contributed by atoms with E-state index in [0.717, 1.165) is 6.54 Å². The summed E-state index contributed by atoms with van der Waals surface area (Å²) in [5.74, 6) is 0.712. The molecule has 1 aromatic carbocycles. The van der Waals surface area contributed by atoms with Crippen molar-refractivity contribution in [3.63, 3.8) is 0 Å². The van der Waals surface area contributed by atoms with E-state index in [9.17, 15) is 0 Å². The van der Waals surface area contributed by atoms with Crippen LogP contribution < -0.4 is 5.32 Å². The summed E-state index contributed by atoms with van der Waals surface area (Å²) < 4.78 is 3.03. The number of aryl methyl sites for hydroxylation is 1. The molecule has 0 spiro atoms. The van der Waals surface area contributed by atoms with Crippen LogP contribution in [0.25, 0.3) is 0 Å². The lowest BCUT2D eigenvalue weighted by Crippen LogP contribution is -2.39. The fourth-order valence-electron chi connectivity index (χ4n) is 2.64. The fraction of sp³-hybridized carbons (Fsp3) is 0.400. The van der Waals surface area contributed by atoms with Gasteiger partial charge in [0.2, 0.25) is 0 Å². The third-order valence-corrected chi connectivity index (χ3v) is 4.30. The van der Waals surface area contributed by atoms with Gasteiger partial charge in [0.1, 0.15) is 0 Å². The number of hydrogen-bond donors (Lipinski definition) is 1. The molecule has 1 fully saturated rings. The van der Waals surface area contributed by atoms with Gasteiger partial charge in [0, 0.05) is 35.9 Å². The SMILES string of the molecule is Cn1cc(CNC2CC(c3cccc(Br)c3)C2)cn1. The number of hydrogen-bond acceptors (Lipinski definition) is 2. The quantitative estimate of drug-likeness (QED) is 0.937. The van der Waals surface area contributed by atoms with Gasteiger partial charge in [0.25, 0.3) is 0 Å². The summed E-state index contributed by atoms with van der Waals surface area (Å²) in [6, 6.07) is 9.31. The molecule has 19 heavy (non-hydrogen) atoms. The first kappa shape index (κ1) is 12.9. The smallest absolute Gasteiger partial charge is 0.0534 e. The van der Waals surface area contributed by atoms with Crippen molar-refractivity contribution < 1.29 is 0 Å². The third-order valence-electron chi connectivity index (χ3n) is 3.81. The first-order valence-electron chi connectivity index (χ1n) is 6.67. The van der Waals surface area contributed by atoms with Crippen LogP contribution >= 0.6 is 15.9 Å². The molecule has 100 valence electrons. The van der Waals surface area contributed by atoms with E-state index in [1.807, 2.05) is 17.9 Å². The number of nitrogens with one attached hydrogen (secondary N) is 1. The standard InChI is InChI=1S/C15H18BrN3/c1-19-10-11(9-18-19)8-17-15-6-13(7-15)12-3-2-4-14(16)5-12/h2-5,9-10,13,15,17H,6-8H2,1H3. The minimum absolute atomic E-state index is 0.643. The lowest BCUT2D eigenvalue weighted by atomic mass is 9.76. The van der Waals surface area contributed by atoms with Crippen LogP contribution in [-0.4, -0.2) is 15.8 Å². The molecule has 1 aromatic heterocycles. The Balaban J connectivity index is 1.48. The van der Waals surface area contributed by atoms with E-state index < -0.39 is 0 Å². The molecule has 1 heterocycles. The van der Waals surface area contributed by atoms with Gasteiger partial charge in [-0.1, -0.05) is 28.1 Å². The Labute approximate surface area is 122 Å². The number of aromatic nitrogens is 2. The highest BCUT2D eigenvalue weighted by atomic mass is 79.9. The molecule has 0 bridgehead atoms. The highest BCUT2D eigenvalue weighted by Gasteiger charge is 2.29. The Hall–Kier alpha value is -1.13. The van der Waals surface area contributed by atoms with Crippen molar-refractivity contribution in [1.82, 2.24) is 15.1 Å². The number of benzene rings is 1. The Morgan fingerprint density at radius 3 is 2.95 bits per heavy atom. The molecule has 1 N–H and O–H groups in total. The summed E-state index contributed by atoms with van der Waals surface area (Å²) in [6.45, 7) is 0.920. The first-order valence-corrected chi connectivity index (χ1v) is 7.46. The predicted octanol–water partition coefficient (Wildman–Crippen LogP) is 3.22. The van der Waals surface area contributed by atoms with Gasteiger partial charge in [-0.15, -0.1) is 0 Å². The third kappa shape index (κ3) is 3.07. The van der Waals surface area contributed by atoms with E-state index in [1.165, 1.54) is 28.4 Å². The van der Waals surface area contributed by atoms with Gasteiger partial charge in [-0.25, -0.2) is 0 Å². The molecule has 2 aromatic rings. The van der Waals surface area contributed by atoms with E-state index in [0.29, 0.717) is 12.0 Å². The second kappa shape index (κ2) is 5.47. The molecule has 0 radical (unpaired) electrons. The van der Waals surface area contributed by atoms with Crippen molar-refractivity contribution >= 4 is 15.9 Å². The topological polar surface area (TPSA) is 29.9 Å². The van der Waals surface area contributed by atoms with Gasteiger partial charge in [-0.05, 0) is 36.5 Å². The Morgan fingerprint density at radius 2 is 2.26 bits per heavy atom. The number of nitrogens with zero attached hydrogens (tertiary/aromatic N) is 2. The Morgan fingerprint density at radius 1 is 1.42 bits per heavy atom. The molecule has 0 atom stereocenters. The minimum atomic E-state index is 0.643. The van der Waals surface area contributed by atoms with Crippen LogP contribution in [0.5, 0.6) is 0 Å². The zero-order chi connectivity index (χ0) is 13.2. The van der Waals surface area contributed by atoms with Crippen LogP contribution in [0.3, 0.4) is 0 Å². The van der Waals surface area contributed by atoms with Crippen molar-refractivity contribution in [1.29, 1.82) is 0 Å². The molecule has 1 aliphatic carbocycles. The zero-order valence-electron chi connectivity index (χ0n) is 11.0. The van der Waals surface area contributed by atoms with Gasteiger partial charge < -0.3 is 5.32 Å². The molecule has 1 aliphatic rings. The fourth-order valence-corrected chi connectivity index (χ4v) is 3.06. The minimum Gasteiger partial charge on any atom is -0.310 e. The highest BCUT2D eigenvalue weighted by Crippen LogP contribution is 2.37. The maximum Gasteiger partial charge on any atom is 0.0534 e. The van der Waals surface area contributed by atoms with Crippen molar-refractivity contribution in [2.45, 2.75) is 31.3 Å². The Bertz CT molecular complexity index is 558. The lowest BCUT2D eigenvalue weighted by molar-refractivity contribution is 0.289. The molecule has 4 heteroatoms. The lowest BCUT2D eigenvalue weighted by Gasteiger charge is -2.36. The van der Waals surface area contributed by atoms with Crippen LogP contribution in [0.4, 0.5) is 0 Å². The molecule has 0 aliphatic heterocycles. The van der Waals surface area contributed by atoms with Crippen LogP contribution in [0.2, 0.25) is 0 Å². The largest absolute Gasteiger partial charge is 0.310 e. The molecule has 0 amide bonds. The average molecular weight is 320 g/mol. The summed E-state index contributed by atoms with van der Waals surface area (Å²) in [4.78, 5) is 0. The van der Waals surface area contributed by atoms with Crippen LogP contribution in [0.1, 0.15) is 29.9 Å². The second-order valence-electron chi connectivity index (χ2n) is 5.32. The van der Waals surface area contributed by atoms with Crippen LogP contribution in [-0.2, 0) is 13.6 Å². The van der Waals surface area contributed by atoms with Crippen LogP contribution in [0.15, 0.2) is 41.1 Å². The van der Waals surface area contributed by atoms with E-state index >= 15 is 0 Å². The van der Waals surface area contributed by atoms with E-state index in [1.54, 1.807) is 0 Å². The molecular formula is C15H18BrN3. The molecule has 3 nitrogen and oxygen atoms in total. The number of rotatable bonds is 4. The summed E-state index contributed by atoms with van der Waals surface area (Å²) in [5.41, 5.74) is 2.71. The highest BCUT2D eigenvalue weighted by molar-refractivity contribution is 9.10.